The number of terminal acetylenes is 1. The fourth-order valence-electron chi connectivity index (χ4n) is 4.01. The molecular weight excluding hydrogens is 292 g/mol. The van der Waals surface area contributed by atoms with Crippen LogP contribution < -0.4 is 15.4 Å². The molecule has 0 heterocycles. The van der Waals surface area contributed by atoms with Gasteiger partial charge in [-0.25, -0.2) is 4.79 Å². The van der Waals surface area contributed by atoms with Gasteiger partial charge in [0.2, 0.25) is 0 Å². The predicted octanol–water partition coefficient (Wildman–Crippen LogP) is 2.23. The molecule has 1 aromatic rings. The smallest absolute Gasteiger partial charge is 0.319 e. The molecule has 122 valence electrons. The predicted molar refractivity (Wildman–Crippen MR) is 88.1 cm³/mol. The van der Waals surface area contributed by atoms with Gasteiger partial charge in [0, 0.05) is 30.3 Å². The molecule has 2 bridgehead atoms. The van der Waals surface area contributed by atoms with E-state index in [2.05, 4.69) is 16.6 Å². The summed E-state index contributed by atoms with van der Waals surface area (Å²) in [6, 6.07) is 6.95. The lowest BCUT2D eigenvalue weighted by atomic mass is 9.85. The third-order valence-electron chi connectivity index (χ3n) is 5.01. The van der Waals surface area contributed by atoms with Crippen LogP contribution in [0.2, 0.25) is 0 Å². The lowest BCUT2D eigenvalue weighted by Crippen LogP contribution is -2.46. The van der Waals surface area contributed by atoms with E-state index in [1.54, 1.807) is 24.3 Å². The van der Waals surface area contributed by atoms with E-state index in [1.807, 2.05) is 0 Å². The Labute approximate surface area is 136 Å². The van der Waals surface area contributed by atoms with Crippen molar-refractivity contribution in [2.24, 2.45) is 17.8 Å². The van der Waals surface area contributed by atoms with Crippen molar-refractivity contribution in [3.05, 3.63) is 24.3 Å². The van der Waals surface area contributed by atoms with Crippen LogP contribution in [0.15, 0.2) is 24.3 Å². The van der Waals surface area contributed by atoms with Gasteiger partial charge in [-0.05, 0) is 43.2 Å². The van der Waals surface area contributed by atoms with Crippen LogP contribution in [0.4, 0.5) is 10.5 Å². The number of carbonyl (C=O) groups excluding carboxylic acids is 1. The summed E-state index contributed by atoms with van der Waals surface area (Å²) in [5.74, 6) is 4.26. The maximum atomic E-state index is 12.3. The van der Waals surface area contributed by atoms with Gasteiger partial charge in [0.15, 0.2) is 0 Å². The Kier molecular flexibility index (Phi) is 4.73. The number of aliphatic hydroxyl groups is 1. The molecular formula is C18H22N2O3. The first-order valence-corrected chi connectivity index (χ1v) is 8.06. The molecule has 2 fully saturated rings. The molecule has 4 atom stereocenters. The third-order valence-corrected chi connectivity index (χ3v) is 5.01. The molecule has 5 nitrogen and oxygen atoms in total. The average molecular weight is 314 g/mol. The van der Waals surface area contributed by atoms with Crippen molar-refractivity contribution in [3.63, 3.8) is 0 Å². The number of urea groups is 1. The quantitative estimate of drug-likeness (QED) is 0.730. The molecule has 3 rings (SSSR count). The normalized spacial score (nSPS) is 28.2. The SMILES string of the molecule is C#CCOc1cccc(NC(=O)NC2C3CCC(C3)C2CO)c1. The standard InChI is InChI=1S/C18H22N2O3/c1-2-8-23-15-5-3-4-14(10-15)19-18(22)20-17-13-7-6-12(9-13)16(17)11-21/h1,3-5,10,12-13,16-17,21H,6-9,11H2,(H2,19,20,22). The van der Waals surface area contributed by atoms with Crippen molar-refractivity contribution in [1.82, 2.24) is 5.32 Å². The van der Waals surface area contributed by atoms with Crippen LogP contribution in [0.3, 0.4) is 0 Å². The Hall–Kier alpha value is -2.19. The van der Waals surface area contributed by atoms with Gasteiger partial charge in [-0.15, -0.1) is 6.42 Å². The number of ether oxygens (including phenoxy) is 1. The number of hydrogen-bond acceptors (Lipinski definition) is 3. The highest BCUT2D eigenvalue weighted by atomic mass is 16.5. The lowest BCUT2D eigenvalue weighted by Gasteiger charge is -2.30. The largest absolute Gasteiger partial charge is 0.481 e. The summed E-state index contributed by atoms with van der Waals surface area (Å²) in [6.45, 7) is 0.334. The first-order valence-electron chi connectivity index (χ1n) is 8.06. The zero-order chi connectivity index (χ0) is 16.2. The van der Waals surface area contributed by atoms with Crippen LogP contribution in [0.5, 0.6) is 5.75 Å². The first kappa shape index (κ1) is 15.7. The van der Waals surface area contributed by atoms with Crippen molar-refractivity contribution in [3.8, 4) is 18.1 Å². The summed E-state index contributed by atoms with van der Waals surface area (Å²) in [5.41, 5.74) is 0.653. The molecule has 1 aromatic carbocycles. The van der Waals surface area contributed by atoms with E-state index in [0.29, 0.717) is 23.3 Å². The Morgan fingerprint density at radius 3 is 3.00 bits per heavy atom. The number of aliphatic hydroxyl groups excluding tert-OH is 1. The Morgan fingerprint density at radius 1 is 1.39 bits per heavy atom. The number of carbonyl (C=O) groups is 1. The molecule has 4 unspecified atom stereocenters. The molecule has 23 heavy (non-hydrogen) atoms. The van der Waals surface area contributed by atoms with E-state index < -0.39 is 0 Å². The number of rotatable bonds is 5. The molecule has 0 saturated heterocycles. The molecule has 0 aliphatic heterocycles. The third kappa shape index (κ3) is 3.43. The maximum Gasteiger partial charge on any atom is 0.319 e. The summed E-state index contributed by atoms with van der Waals surface area (Å²) in [7, 11) is 0. The maximum absolute atomic E-state index is 12.3. The van der Waals surface area contributed by atoms with E-state index in [9.17, 15) is 9.90 Å². The molecule has 0 spiro atoms. The minimum absolute atomic E-state index is 0.0691. The van der Waals surface area contributed by atoms with Gasteiger partial charge in [-0.2, -0.15) is 0 Å². The molecule has 2 saturated carbocycles. The van der Waals surface area contributed by atoms with Crippen molar-refractivity contribution in [2.45, 2.75) is 25.3 Å². The van der Waals surface area contributed by atoms with E-state index >= 15 is 0 Å². The number of benzene rings is 1. The van der Waals surface area contributed by atoms with Crippen molar-refractivity contribution in [1.29, 1.82) is 0 Å². The average Bonchev–Trinajstić information content (AvgIpc) is 3.14. The topological polar surface area (TPSA) is 70.6 Å². The van der Waals surface area contributed by atoms with Gasteiger partial charge in [-0.1, -0.05) is 12.0 Å². The van der Waals surface area contributed by atoms with Crippen LogP contribution >= 0.6 is 0 Å². The summed E-state index contributed by atoms with van der Waals surface area (Å²) >= 11 is 0. The van der Waals surface area contributed by atoms with Gasteiger partial charge < -0.3 is 20.5 Å². The van der Waals surface area contributed by atoms with Gasteiger partial charge in [0.05, 0.1) is 0 Å². The molecule has 5 heteroatoms. The van der Waals surface area contributed by atoms with E-state index in [4.69, 9.17) is 11.2 Å². The molecule has 2 aliphatic carbocycles. The number of nitrogens with one attached hydrogen (secondary N) is 2. The monoisotopic (exact) mass is 314 g/mol. The van der Waals surface area contributed by atoms with Crippen molar-refractivity contribution >= 4 is 11.7 Å². The highest BCUT2D eigenvalue weighted by Crippen LogP contribution is 2.48. The zero-order valence-electron chi connectivity index (χ0n) is 13.0. The van der Waals surface area contributed by atoms with Gasteiger partial charge >= 0.3 is 6.03 Å². The lowest BCUT2D eigenvalue weighted by molar-refractivity contribution is 0.146. The van der Waals surface area contributed by atoms with Crippen molar-refractivity contribution < 1.29 is 14.6 Å². The molecule has 2 amide bonds. The highest BCUT2D eigenvalue weighted by molar-refractivity contribution is 5.89. The summed E-state index contributed by atoms with van der Waals surface area (Å²) in [5, 5.41) is 15.4. The van der Waals surface area contributed by atoms with E-state index in [-0.39, 0.29) is 31.2 Å². The number of anilines is 1. The van der Waals surface area contributed by atoms with Crippen LogP contribution in [0.1, 0.15) is 19.3 Å². The van der Waals surface area contributed by atoms with Gasteiger partial charge in [-0.3, -0.25) is 0 Å². The fraction of sp³-hybridized carbons (Fsp3) is 0.500. The minimum atomic E-state index is -0.241. The van der Waals surface area contributed by atoms with Crippen molar-refractivity contribution in [2.75, 3.05) is 18.5 Å². The van der Waals surface area contributed by atoms with Crippen LogP contribution in [-0.2, 0) is 0 Å². The Morgan fingerprint density at radius 2 is 2.22 bits per heavy atom. The van der Waals surface area contributed by atoms with E-state index in [0.717, 1.165) is 12.8 Å². The van der Waals surface area contributed by atoms with Crippen LogP contribution in [0, 0.1) is 30.1 Å². The molecule has 2 aliphatic rings. The zero-order valence-corrected chi connectivity index (χ0v) is 13.0. The van der Waals surface area contributed by atoms with Gasteiger partial charge in [0.25, 0.3) is 0 Å². The second kappa shape index (κ2) is 6.93. The second-order valence-corrected chi connectivity index (χ2v) is 6.32. The summed E-state index contributed by atoms with van der Waals surface area (Å²) in [6.07, 6.45) is 8.60. The second-order valence-electron chi connectivity index (χ2n) is 6.32. The molecule has 0 aromatic heterocycles. The Bertz CT molecular complexity index is 611. The van der Waals surface area contributed by atoms with Gasteiger partial charge in [0.1, 0.15) is 12.4 Å². The Balaban J connectivity index is 1.58. The number of amides is 2. The summed E-state index contributed by atoms with van der Waals surface area (Å²) < 4.78 is 5.34. The molecule has 3 N–H and O–H groups in total. The fourth-order valence-corrected chi connectivity index (χ4v) is 4.01. The van der Waals surface area contributed by atoms with Crippen LogP contribution in [-0.4, -0.2) is 30.4 Å². The number of hydrogen-bond donors (Lipinski definition) is 3. The van der Waals surface area contributed by atoms with Crippen LogP contribution in [0.25, 0.3) is 0 Å². The summed E-state index contributed by atoms with van der Waals surface area (Å²) in [4.78, 5) is 12.3. The highest BCUT2D eigenvalue weighted by Gasteiger charge is 2.47. The number of fused-ring (bicyclic) bond motifs is 2. The first-order chi connectivity index (χ1) is 11.2. The van der Waals surface area contributed by atoms with E-state index in [1.165, 1.54) is 6.42 Å². The molecule has 0 radical (unpaired) electrons. The minimum Gasteiger partial charge on any atom is -0.481 e.